The van der Waals surface area contributed by atoms with Gasteiger partial charge in [-0.05, 0) is 50.6 Å². The molecule has 11 heavy (non-hydrogen) atoms. The molecule has 3 unspecified atom stereocenters. The molecule has 1 N–H and O–H groups in total. The molecule has 0 spiro atoms. The zero-order valence-electron chi connectivity index (χ0n) is 6.92. The molecule has 3 atom stereocenters. The molecule has 0 radical (unpaired) electrons. The van der Waals surface area contributed by atoms with Crippen molar-refractivity contribution in [2.24, 2.45) is 11.8 Å². The normalized spacial score (nSPS) is 45.0. The zero-order valence-corrected chi connectivity index (χ0v) is 7.82. The summed E-state index contributed by atoms with van der Waals surface area (Å²) in [5, 5.41) is 4.16. The van der Waals surface area contributed by atoms with Crippen molar-refractivity contribution in [2.45, 2.75) is 30.9 Å². The SMILES string of the molecule is SC1CCC2CCNCC2C1. The maximum absolute atomic E-state index is 4.55. The third-order valence-electron chi connectivity index (χ3n) is 3.21. The van der Waals surface area contributed by atoms with E-state index in [1.54, 1.807) is 0 Å². The number of hydrogen-bond donors (Lipinski definition) is 2. The van der Waals surface area contributed by atoms with Crippen LogP contribution in [0.3, 0.4) is 0 Å². The Kier molecular flexibility index (Phi) is 2.42. The Hall–Kier alpha value is 0.310. The molecular formula is C9H17NS. The van der Waals surface area contributed by atoms with E-state index < -0.39 is 0 Å². The molecule has 2 heteroatoms. The molecule has 2 fully saturated rings. The van der Waals surface area contributed by atoms with Gasteiger partial charge in [0.1, 0.15) is 0 Å². The summed E-state index contributed by atoms with van der Waals surface area (Å²) in [6.07, 6.45) is 5.54. The van der Waals surface area contributed by atoms with Crippen molar-refractivity contribution >= 4 is 12.6 Å². The molecule has 1 aliphatic heterocycles. The molecule has 2 aliphatic rings. The van der Waals surface area contributed by atoms with Gasteiger partial charge in [0.05, 0.1) is 0 Å². The van der Waals surface area contributed by atoms with E-state index >= 15 is 0 Å². The molecule has 0 aromatic heterocycles. The minimum atomic E-state index is 0.691. The summed E-state index contributed by atoms with van der Waals surface area (Å²) in [4.78, 5) is 0. The van der Waals surface area contributed by atoms with Gasteiger partial charge in [0.15, 0.2) is 0 Å². The molecule has 1 saturated carbocycles. The van der Waals surface area contributed by atoms with Crippen molar-refractivity contribution < 1.29 is 0 Å². The van der Waals surface area contributed by atoms with Crippen LogP contribution in [0.5, 0.6) is 0 Å². The highest BCUT2D eigenvalue weighted by atomic mass is 32.1. The summed E-state index contributed by atoms with van der Waals surface area (Å²) in [5.41, 5.74) is 0. The van der Waals surface area contributed by atoms with E-state index in [1.807, 2.05) is 0 Å². The second-order valence-corrected chi connectivity index (χ2v) is 4.71. The van der Waals surface area contributed by atoms with Crippen molar-refractivity contribution in [3.05, 3.63) is 0 Å². The standard InChI is InChI=1S/C9H17NS/c11-9-2-1-7-3-4-10-6-8(7)5-9/h7-11H,1-6H2. The minimum absolute atomic E-state index is 0.691. The van der Waals surface area contributed by atoms with Crippen molar-refractivity contribution in [1.29, 1.82) is 0 Å². The van der Waals surface area contributed by atoms with Crippen LogP contribution in [0.1, 0.15) is 25.7 Å². The van der Waals surface area contributed by atoms with Crippen molar-refractivity contribution in [3.8, 4) is 0 Å². The first-order valence-corrected chi connectivity index (χ1v) is 5.26. The lowest BCUT2D eigenvalue weighted by molar-refractivity contribution is 0.190. The predicted molar refractivity (Wildman–Crippen MR) is 51.1 cm³/mol. The van der Waals surface area contributed by atoms with Gasteiger partial charge in [-0.3, -0.25) is 0 Å². The van der Waals surface area contributed by atoms with Crippen LogP contribution in [0.4, 0.5) is 0 Å². The Morgan fingerprint density at radius 2 is 2.00 bits per heavy atom. The van der Waals surface area contributed by atoms with E-state index in [4.69, 9.17) is 0 Å². The smallest absolute Gasteiger partial charge is 0.00201 e. The monoisotopic (exact) mass is 171 g/mol. The quantitative estimate of drug-likeness (QED) is 0.529. The number of hydrogen-bond acceptors (Lipinski definition) is 2. The van der Waals surface area contributed by atoms with E-state index in [0.717, 1.165) is 11.8 Å². The minimum Gasteiger partial charge on any atom is -0.316 e. The van der Waals surface area contributed by atoms with Crippen molar-refractivity contribution in [3.63, 3.8) is 0 Å². The van der Waals surface area contributed by atoms with Crippen LogP contribution < -0.4 is 5.32 Å². The molecule has 0 aromatic rings. The van der Waals surface area contributed by atoms with E-state index in [1.165, 1.54) is 38.8 Å². The molecule has 1 saturated heterocycles. The first kappa shape index (κ1) is 7.93. The summed E-state index contributed by atoms with van der Waals surface area (Å²) in [6.45, 7) is 2.50. The van der Waals surface area contributed by atoms with Gasteiger partial charge in [0.25, 0.3) is 0 Å². The van der Waals surface area contributed by atoms with Crippen molar-refractivity contribution in [1.82, 2.24) is 5.32 Å². The highest BCUT2D eigenvalue weighted by Gasteiger charge is 2.30. The third-order valence-corrected chi connectivity index (χ3v) is 3.68. The van der Waals surface area contributed by atoms with E-state index in [0.29, 0.717) is 5.25 Å². The number of fused-ring (bicyclic) bond motifs is 1. The van der Waals surface area contributed by atoms with E-state index in [-0.39, 0.29) is 0 Å². The average Bonchev–Trinajstić information content (AvgIpc) is 2.04. The lowest BCUT2D eigenvalue weighted by Gasteiger charge is -2.38. The Bertz CT molecular complexity index is 138. The number of thiol groups is 1. The third kappa shape index (κ3) is 1.73. The predicted octanol–water partition coefficient (Wildman–Crippen LogP) is 1.69. The van der Waals surface area contributed by atoms with Crippen LogP contribution in [-0.4, -0.2) is 18.3 Å². The van der Waals surface area contributed by atoms with Crippen molar-refractivity contribution in [2.75, 3.05) is 13.1 Å². The number of piperidine rings is 1. The number of nitrogens with one attached hydrogen (secondary N) is 1. The fourth-order valence-corrected chi connectivity index (χ4v) is 2.93. The first-order valence-electron chi connectivity index (χ1n) is 4.75. The van der Waals surface area contributed by atoms with Crippen LogP contribution in [-0.2, 0) is 0 Å². The molecule has 1 aliphatic carbocycles. The van der Waals surface area contributed by atoms with Crippen LogP contribution in [0.15, 0.2) is 0 Å². The van der Waals surface area contributed by atoms with Gasteiger partial charge < -0.3 is 5.32 Å². The highest BCUT2D eigenvalue weighted by Crippen LogP contribution is 2.35. The topological polar surface area (TPSA) is 12.0 Å². The van der Waals surface area contributed by atoms with Crippen LogP contribution >= 0.6 is 12.6 Å². The van der Waals surface area contributed by atoms with Gasteiger partial charge in [-0.1, -0.05) is 0 Å². The maximum atomic E-state index is 4.55. The van der Waals surface area contributed by atoms with Gasteiger partial charge in [-0.2, -0.15) is 12.6 Å². The van der Waals surface area contributed by atoms with Gasteiger partial charge in [0, 0.05) is 5.25 Å². The fraction of sp³-hybridized carbons (Fsp3) is 1.00. The summed E-state index contributed by atoms with van der Waals surface area (Å²) >= 11 is 4.55. The summed E-state index contributed by atoms with van der Waals surface area (Å²) in [5.74, 6) is 1.97. The molecule has 1 nitrogen and oxygen atoms in total. The van der Waals surface area contributed by atoms with Gasteiger partial charge in [-0.15, -0.1) is 0 Å². The highest BCUT2D eigenvalue weighted by molar-refractivity contribution is 7.80. The molecular weight excluding hydrogens is 154 g/mol. The Morgan fingerprint density at radius 3 is 2.91 bits per heavy atom. The molecule has 0 bridgehead atoms. The second-order valence-electron chi connectivity index (χ2n) is 3.98. The van der Waals surface area contributed by atoms with Crippen LogP contribution in [0.2, 0.25) is 0 Å². The Balaban J connectivity index is 1.93. The molecule has 1 heterocycles. The lowest BCUT2D eigenvalue weighted by Crippen LogP contribution is -2.40. The first-order chi connectivity index (χ1) is 5.36. The van der Waals surface area contributed by atoms with Crippen LogP contribution in [0, 0.1) is 11.8 Å². The van der Waals surface area contributed by atoms with Gasteiger partial charge in [0.2, 0.25) is 0 Å². The molecule has 0 aromatic carbocycles. The Labute approximate surface area is 74.4 Å². The lowest BCUT2D eigenvalue weighted by atomic mass is 9.75. The zero-order chi connectivity index (χ0) is 7.68. The van der Waals surface area contributed by atoms with E-state index in [2.05, 4.69) is 17.9 Å². The second kappa shape index (κ2) is 3.36. The Morgan fingerprint density at radius 1 is 1.09 bits per heavy atom. The van der Waals surface area contributed by atoms with Crippen LogP contribution in [0.25, 0.3) is 0 Å². The maximum Gasteiger partial charge on any atom is 0.00201 e. The van der Waals surface area contributed by atoms with Gasteiger partial charge >= 0.3 is 0 Å². The largest absolute Gasteiger partial charge is 0.316 e. The van der Waals surface area contributed by atoms with E-state index in [9.17, 15) is 0 Å². The average molecular weight is 171 g/mol. The fourth-order valence-electron chi connectivity index (χ4n) is 2.51. The van der Waals surface area contributed by atoms with Gasteiger partial charge in [-0.25, -0.2) is 0 Å². The molecule has 2 rings (SSSR count). The number of rotatable bonds is 0. The molecule has 64 valence electrons. The summed E-state index contributed by atoms with van der Waals surface area (Å²) in [7, 11) is 0. The summed E-state index contributed by atoms with van der Waals surface area (Å²) in [6, 6.07) is 0. The molecule has 0 amide bonds. The summed E-state index contributed by atoms with van der Waals surface area (Å²) < 4.78 is 0.